The molecule has 0 aliphatic carbocycles. The summed E-state index contributed by atoms with van der Waals surface area (Å²) >= 11 is 0. The number of ether oxygens (including phenoxy) is 2. The molecule has 2 aromatic rings. The third-order valence-corrected chi connectivity index (χ3v) is 4.00. The summed E-state index contributed by atoms with van der Waals surface area (Å²) in [6.45, 7) is 1.97. The van der Waals surface area contributed by atoms with E-state index in [2.05, 4.69) is 0 Å². The highest BCUT2D eigenvalue weighted by Crippen LogP contribution is 2.34. The number of rotatable bonds is 5. The topological polar surface area (TPSA) is 81.9 Å². The predicted octanol–water partition coefficient (Wildman–Crippen LogP) is 2.12. The van der Waals surface area contributed by atoms with Gasteiger partial charge in [0.1, 0.15) is 6.10 Å². The summed E-state index contributed by atoms with van der Waals surface area (Å²) in [5.74, 6) is 0.409. The van der Waals surface area contributed by atoms with Crippen molar-refractivity contribution in [3.8, 4) is 11.5 Å². The van der Waals surface area contributed by atoms with Gasteiger partial charge in [-0.25, -0.2) is 0 Å². The number of para-hydroxylation sites is 3. The first kappa shape index (κ1) is 16.8. The largest absolute Gasteiger partial charge is 0.482 e. The summed E-state index contributed by atoms with van der Waals surface area (Å²) in [6.07, 6.45) is -1.19. The average Bonchev–Trinajstić information content (AvgIpc) is 2.61. The summed E-state index contributed by atoms with van der Waals surface area (Å²) in [5.41, 5.74) is 5.94. The highest BCUT2D eigenvalue weighted by molar-refractivity contribution is 5.98. The fourth-order valence-electron chi connectivity index (χ4n) is 2.74. The standard InChI is InChI=1S/C19H20N2O4/c1-13-18(25-16-10-6-5-9-15(16)24-13)19(23)21(12-11-17(20)22)14-7-3-2-4-8-14/h2-10,13,18H,11-12H2,1H3,(H2,20,22)/t13-,18+/m1/s1. The number of benzene rings is 2. The predicted molar refractivity (Wildman–Crippen MR) is 93.6 cm³/mol. The molecule has 0 spiro atoms. The van der Waals surface area contributed by atoms with E-state index in [9.17, 15) is 9.59 Å². The van der Waals surface area contributed by atoms with Crippen molar-refractivity contribution >= 4 is 17.5 Å². The smallest absolute Gasteiger partial charge is 0.271 e. The Bertz CT molecular complexity index is 763. The quantitative estimate of drug-likeness (QED) is 0.904. The Kier molecular flexibility index (Phi) is 4.88. The van der Waals surface area contributed by atoms with E-state index >= 15 is 0 Å². The Hall–Kier alpha value is -3.02. The summed E-state index contributed by atoms with van der Waals surface area (Å²) in [6, 6.07) is 16.4. The zero-order valence-corrected chi connectivity index (χ0v) is 13.9. The van der Waals surface area contributed by atoms with Gasteiger partial charge < -0.3 is 20.1 Å². The molecular formula is C19H20N2O4. The maximum atomic E-state index is 13.1. The van der Waals surface area contributed by atoms with E-state index in [0.717, 1.165) is 0 Å². The monoisotopic (exact) mass is 340 g/mol. The van der Waals surface area contributed by atoms with Crippen LogP contribution in [-0.2, 0) is 9.59 Å². The molecule has 0 fully saturated rings. The molecule has 3 rings (SSSR count). The summed E-state index contributed by atoms with van der Waals surface area (Å²) in [7, 11) is 0. The van der Waals surface area contributed by atoms with Gasteiger partial charge in [-0.2, -0.15) is 0 Å². The van der Waals surface area contributed by atoms with Crippen LogP contribution in [-0.4, -0.2) is 30.6 Å². The third-order valence-electron chi connectivity index (χ3n) is 4.00. The lowest BCUT2D eigenvalue weighted by Gasteiger charge is -2.34. The van der Waals surface area contributed by atoms with Crippen molar-refractivity contribution < 1.29 is 19.1 Å². The van der Waals surface area contributed by atoms with E-state index in [1.165, 1.54) is 4.90 Å². The molecule has 25 heavy (non-hydrogen) atoms. The first-order chi connectivity index (χ1) is 12.1. The number of nitrogens with zero attached hydrogens (tertiary/aromatic N) is 1. The molecular weight excluding hydrogens is 320 g/mol. The highest BCUT2D eigenvalue weighted by Gasteiger charge is 2.37. The normalized spacial score (nSPS) is 18.4. The van der Waals surface area contributed by atoms with Crippen molar-refractivity contribution in [1.82, 2.24) is 0 Å². The lowest BCUT2D eigenvalue weighted by molar-refractivity contribution is -0.130. The van der Waals surface area contributed by atoms with Gasteiger partial charge in [-0.05, 0) is 31.2 Å². The van der Waals surface area contributed by atoms with Crippen LogP contribution in [0.2, 0.25) is 0 Å². The Morgan fingerprint density at radius 3 is 2.24 bits per heavy atom. The van der Waals surface area contributed by atoms with Crippen LogP contribution >= 0.6 is 0 Å². The molecule has 0 unspecified atom stereocenters. The minimum absolute atomic E-state index is 0.0686. The molecule has 0 radical (unpaired) electrons. The number of hydrogen-bond donors (Lipinski definition) is 1. The molecule has 2 amide bonds. The van der Waals surface area contributed by atoms with Crippen molar-refractivity contribution in [2.24, 2.45) is 5.73 Å². The molecule has 6 heteroatoms. The molecule has 0 saturated carbocycles. The highest BCUT2D eigenvalue weighted by atomic mass is 16.6. The minimum Gasteiger partial charge on any atom is -0.482 e. The van der Waals surface area contributed by atoms with Crippen LogP contribution in [0.25, 0.3) is 0 Å². The molecule has 1 aliphatic rings. The Morgan fingerprint density at radius 1 is 1.00 bits per heavy atom. The summed E-state index contributed by atoms with van der Waals surface area (Å²) in [5, 5.41) is 0. The van der Waals surface area contributed by atoms with Crippen molar-refractivity contribution in [2.45, 2.75) is 25.6 Å². The molecule has 0 saturated heterocycles. The fraction of sp³-hybridized carbons (Fsp3) is 0.263. The van der Waals surface area contributed by atoms with Gasteiger partial charge in [-0.15, -0.1) is 0 Å². The van der Waals surface area contributed by atoms with E-state index in [0.29, 0.717) is 17.2 Å². The van der Waals surface area contributed by atoms with Gasteiger partial charge >= 0.3 is 0 Å². The van der Waals surface area contributed by atoms with E-state index < -0.39 is 18.1 Å². The number of carbonyl (C=O) groups is 2. The summed E-state index contributed by atoms with van der Waals surface area (Å²) < 4.78 is 11.7. The van der Waals surface area contributed by atoms with Crippen molar-refractivity contribution in [2.75, 3.05) is 11.4 Å². The van der Waals surface area contributed by atoms with Gasteiger partial charge in [0.05, 0.1) is 0 Å². The van der Waals surface area contributed by atoms with Crippen molar-refractivity contribution in [3.05, 3.63) is 54.6 Å². The number of amides is 2. The SMILES string of the molecule is C[C@H]1Oc2ccccc2O[C@@H]1C(=O)N(CCC(N)=O)c1ccccc1. The van der Waals surface area contributed by atoms with Gasteiger partial charge in [0.2, 0.25) is 12.0 Å². The van der Waals surface area contributed by atoms with Gasteiger partial charge in [-0.3, -0.25) is 9.59 Å². The number of anilines is 1. The Morgan fingerprint density at radius 2 is 1.60 bits per heavy atom. The third kappa shape index (κ3) is 3.74. The van der Waals surface area contributed by atoms with Crippen LogP contribution in [0.5, 0.6) is 11.5 Å². The number of primary amides is 1. The van der Waals surface area contributed by atoms with Gasteiger partial charge in [0.15, 0.2) is 11.5 Å². The van der Waals surface area contributed by atoms with Gasteiger partial charge in [0.25, 0.3) is 5.91 Å². The Labute approximate surface area is 146 Å². The number of fused-ring (bicyclic) bond motifs is 1. The lowest BCUT2D eigenvalue weighted by Crippen LogP contribution is -2.51. The second-order valence-corrected chi connectivity index (χ2v) is 5.85. The van der Waals surface area contributed by atoms with Crippen molar-refractivity contribution in [1.29, 1.82) is 0 Å². The molecule has 0 aromatic heterocycles. The van der Waals surface area contributed by atoms with Crippen LogP contribution in [0.15, 0.2) is 54.6 Å². The first-order valence-corrected chi connectivity index (χ1v) is 8.13. The van der Waals surface area contributed by atoms with Crippen LogP contribution in [0.3, 0.4) is 0 Å². The molecule has 0 bridgehead atoms. The molecule has 2 atom stereocenters. The minimum atomic E-state index is -0.803. The van der Waals surface area contributed by atoms with E-state index in [-0.39, 0.29) is 18.9 Å². The molecule has 2 aromatic carbocycles. The summed E-state index contributed by atoms with van der Waals surface area (Å²) in [4.78, 5) is 25.8. The number of hydrogen-bond acceptors (Lipinski definition) is 4. The second kappa shape index (κ2) is 7.25. The zero-order valence-electron chi connectivity index (χ0n) is 13.9. The van der Waals surface area contributed by atoms with Crippen LogP contribution in [0, 0.1) is 0 Å². The van der Waals surface area contributed by atoms with Crippen LogP contribution in [0.1, 0.15) is 13.3 Å². The molecule has 6 nitrogen and oxygen atoms in total. The molecule has 1 heterocycles. The van der Waals surface area contributed by atoms with E-state index in [1.807, 2.05) is 30.3 Å². The maximum Gasteiger partial charge on any atom is 0.271 e. The Balaban J connectivity index is 1.85. The number of nitrogens with two attached hydrogens (primary N) is 1. The zero-order chi connectivity index (χ0) is 17.8. The van der Waals surface area contributed by atoms with Gasteiger partial charge in [-0.1, -0.05) is 30.3 Å². The fourth-order valence-corrected chi connectivity index (χ4v) is 2.74. The van der Waals surface area contributed by atoms with Crippen LogP contribution < -0.4 is 20.1 Å². The second-order valence-electron chi connectivity index (χ2n) is 5.85. The van der Waals surface area contributed by atoms with Crippen LogP contribution in [0.4, 0.5) is 5.69 Å². The molecule has 130 valence electrons. The van der Waals surface area contributed by atoms with E-state index in [1.54, 1.807) is 31.2 Å². The average molecular weight is 340 g/mol. The van der Waals surface area contributed by atoms with Gasteiger partial charge in [0, 0.05) is 18.7 Å². The number of carbonyl (C=O) groups excluding carboxylic acids is 2. The maximum absolute atomic E-state index is 13.1. The lowest BCUT2D eigenvalue weighted by atomic mass is 10.1. The van der Waals surface area contributed by atoms with E-state index in [4.69, 9.17) is 15.2 Å². The van der Waals surface area contributed by atoms with Crippen molar-refractivity contribution in [3.63, 3.8) is 0 Å². The first-order valence-electron chi connectivity index (χ1n) is 8.13. The molecule has 1 aliphatic heterocycles. The molecule has 2 N–H and O–H groups in total.